The minimum absolute atomic E-state index is 0.330. The fraction of sp³-hybridized carbons (Fsp3) is 0.111. The number of amides is 1. The Labute approximate surface area is 201 Å². The average Bonchev–Trinajstić information content (AvgIpc) is 3.25. The van der Waals surface area contributed by atoms with E-state index in [1.165, 1.54) is 6.20 Å². The molecule has 34 heavy (non-hydrogen) atoms. The lowest BCUT2D eigenvalue weighted by molar-refractivity contribution is -0.119. The maximum Gasteiger partial charge on any atom is 0.339 e. The minimum atomic E-state index is -0.546. The molecule has 1 N–H and O–H groups in total. The van der Waals surface area contributed by atoms with Crippen molar-refractivity contribution in [3.63, 3.8) is 0 Å². The van der Waals surface area contributed by atoms with E-state index in [-0.39, 0.29) is 0 Å². The van der Waals surface area contributed by atoms with Crippen LogP contribution in [0.15, 0.2) is 72.9 Å². The van der Waals surface area contributed by atoms with Crippen molar-refractivity contribution in [3.05, 3.63) is 100 Å². The van der Waals surface area contributed by atoms with Gasteiger partial charge < -0.3 is 10.1 Å². The highest BCUT2D eigenvalue weighted by Gasteiger charge is 2.28. The van der Waals surface area contributed by atoms with Crippen molar-refractivity contribution in [1.82, 2.24) is 9.97 Å². The number of allylic oxidation sites excluding steroid dienone is 1. The van der Waals surface area contributed by atoms with Gasteiger partial charge in [0.1, 0.15) is 5.82 Å². The molecule has 4 aromatic rings. The van der Waals surface area contributed by atoms with Gasteiger partial charge in [0.2, 0.25) is 0 Å². The number of para-hydroxylation sites is 1. The number of ether oxygens (including phenoxy) is 1. The molecule has 0 spiro atoms. The molecule has 2 aromatic carbocycles. The normalized spacial score (nSPS) is 13.6. The Morgan fingerprint density at radius 2 is 1.79 bits per heavy atom. The second-order valence-electron chi connectivity index (χ2n) is 7.90. The SMILES string of the molecule is O=C(COC(=O)c1c2c(nc3ccccc13)C(=Cc1ccccc1)CC2)Nc1ccc(Cl)cn1. The predicted molar refractivity (Wildman–Crippen MR) is 133 cm³/mol. The molecule has 0 fully saturated rings. The second-order valence-corrected chi connectivity index (χ2v) is 8.33. The van der Waals surface area contributed by atoms with Gasteiger partial charge in [-0.15, -0.1) is 0 Å². The highest BCUT2D eigenvalue weighted by Crippen LogP contribution is 2.37. The number of hydrogen-bond donors (Lipinski definition) is 1. The number of rotatable bonds is 5. The molecular weight excluding hydrogens is 450 g/mol. The number of nitrogens with one attached hydrogen (secondary N) is 1. The summed E-state index contributed by atoms with van der Waals surface area (Å²) in [6.45, 7) is -0.429. The maximum absolute atomic E-state index is 13.2. The first-order chi connectivity index (χ1) is 16.6. The standard InChI is InChI=1S/C27H20ClN3O3/c28-19-11-13-23(29-15-19)31-24(32)16-34-27(33)25-20-8-4-5-9-22(20)30-26-18(10-12-21(25)26)14-17-6-2-1-3-7-17/h1-9,11,13-15H,10,12,16H2,(H,29,31,32). The zero-order chi connectivity index (χ0) is 23.5. The highest BCUT2D eigenvalue weighted by molar-refractivity contribution is 6.30. The number of carbonyl (C=O) groups is 2. The molecular formula is C27H20ClN3O3. The van der Waals surface area contributed by atoms with Gasteiger partial charge in [-0.05, 0) is 53.8 Å². The molecule has 1 amide bonds. The second kappa shape index (κ2) is 9.45. The Balaban J connectivity index is 1.42. The fourth-order valence-corrected chi connectivity index (χ4v) is 4.21. The number of benzene rings is 2. The van der Waals surface area contributed by atoms with Crippen LogP contribution in [0.25, 0.3) is 22.6 Å². The van der Waals surface area contributed by atoms with Gasteiger partial charge in [0.15, 0.2) is 6.61 Å². The first-order valence-electron chi connectivity index (χ1n) is 10.8. The molecule has 0 aliphatic heterocycles. The van der Waals surface area contributed by atoms with E-state index >= 15 is 0 Å². The number of esters is 1. The molecule has 168 valence electrons. The summed E-state index contributed by atoms with van der Waals surface area (Å²) in [5.41, 5.74) is 5.00. The van der Waals surface area contributed by atoms with E-state index in [4.69, 9.17) is 21.3 Å². The lowest BCUT2D eigenvalue weighted by Gasteiger charge is -2.12. The molecule has 7 heteroatoms. The summed E-state index contributed by atoms with van der Waals surface area (Å²) in [7, 11) is 0. The third-order valence-corrected chi connectivity index (χ3v) is 5.84. The van der Waals surface area contributed by atoms with E-state index in [1.807, 2.05) is 54.6 Å². The molecule has 0 bridgehead atoms. The number of nitrogens with zero attached hydrogens (tertiary/aromatic N) is 2. The quantitative estimate of drug-likeness (QED) is 0.387. The molecule has 0 radical (unpaired) electrons. The molecule has 2 heterocycles. The third kappa shape index (κ3) is 4.54. The Kier molecular flexibility index (Phi) is 6.06. The summed E-state index contributed by atoms with van der Waals surface area (Å²) < 4.78 is 5.42. The highest BCUT2D eigenvalue weighted by atomic mass is 35.5. The van der Waals surface area contributed by atoms with Crippen LogP contribution in [0.2, 0.25) is 5.02 Å². The van der Waals surface area contributed by atoms with Crippen LogP contribution in [0.5, 0.6) is 0 Å². The largest absolute Gasteiger partial charge is 0.452 e. The predicted octanol–water partition coefficient (Wildman–Crippen LogP) is 5.57. The van der Waals surface area contributed by atoms with Crippen LogP contribution < -0.4 is 5.32 Å². The third-order valence-electron chi connectivity index (χ3n) is 5.62. The summed E-state index contributed by atoms with van der Waals surface area (Å²) in [6.07, 6.45) is 4.99. The van der Waals surface area contributed by atoms with E-state index in [1.54, 1.807) is 12.1 Å². The van der Waals surface area contributed by atoms with Gasteiger partial charge in [-0.2, -0.15) is 0 Å². The van der Waals surface area contributed by atoms with Crippen molar-refractivity contribution in [2.24, 2.45) is 0 Å². The van der Waals surface area contributed by atoms with Gasteiger partial charge in [-0.1, -0.05) is 60.1 Å². The minimum Gasteiger partial charge on any atom is -0.452 e. The molecule has 2 aromatic heterocycles. The zero-order valence-corrected chi connectivity index (χ0v) is 18.9. The van der Waals surface area contributed by atoms with Gasteiger partial charge in [-0.3, -0.25) is 4.79 Å². The van der Waals surface area contributed by atoms with Gasteiger partial charge >= 0.3 is 5.97 Å². The summed E-state index contributed by atoms with van der Waals surface area (Å²) in [5, 5.41) is 3.77. The molecule has 6 nitrogen and oxygen atoms in total. The molecule has 0 saturated heterocycles. The van der Waals surface area contributed by atoms with Crippen LogP contribution in [0.3, 0.4) is 0 Å². The maximum atomic E-state index is 13.2. The van der Waals surface area contributed by atoms with Crippen molar-refractivity contribution in [2.75, 3.05) is 11.9 Å². The summed E-state index contributed by atoms with van der Waals surface area (Å²) in [4.78, 5) is 34.4. The van der Waals surface area contributed by atoms with Crippen LogP contribution in [-0.2, 0) is 16.0 Å². The smallest absolute Gasteiger partial charge is 0.339 e. The Morgan fingerprint density at radius 1 is 1.00 bits per heavy atom. The summed E-state index contributed by atoms with van der Waals surface area (Å²) >= 11 is 5.81. The van der Waals surface area contributed by atoms with Gasteiger partial charge in [0, 0.05) is 11.6 Å². The van der Waals surface area contributed by atoms with Crippen molar-refractivity contribution < 1.29 is 14.3 Å². The Bertz CT molecular complexity index is 1420. The first-order valence-corrected chi connectivity index (χ1v) is 11.2. The fourth-order valence-electron chi connectivity index (χ4n) is 4.09. The van der Waals surface area contributed by atoms with Crippen molar-refractivity contribution in [2.45, 2.75) is 12.8 Å². The number of anilines is 1. The van der Waals surface area contributed by atoms with E-state index in [9.17, 15) is 9.59 Å². The molecule has 0 atom stereocenters. The first kappa shape index (κ1) is 21.8. The number of pyridine rings is 2. The topological polar surface area (TPSA) is 81.2 Å². The van der Waals surface area contributed by atoms with Crippen molar-refractivity contribution in [1.29, 1.82) is 0 Å². The van der Waals surface area contributed by atoms with Crippen LogP contribution in [0, 0.1) is 0 Å². The number of fused-ring (bicyclic) bond motifs is 2. The van der Waals surface area contributed by atoms with Gasteiger partial charge in [0.05, 0.1) is 21.8 Å². The molecule has 0 saturated carbocycles. The van der Waals surface area contributed by atoms with Crippen LogP contribution >= 0.6 is 11.6 Å². The average molecular weight is 470 g/mol. The van der Waals surface area contributed by atoms with E-state index in [0.29, 0.717) is 33.7 Å². The zero-order valence-electron chi connectivity index (χ0n) is 18.1. The van der Waals surface area contributed by atoms with Crippen molar-refractivity contribution >= 4 is 51.8 Å². The van der Waals surface area contributed by atoms with E-state index in [0.717, 1.165) is 28.8 Å². The Hall–Kier alpha value is -4.03. The molecule has 0 unspecified atom stereocenters. The number of aromatic nitrogens is 2. The van der Waals surface area contributed by atoms with Crippen LogP contribution in [0.4, 0.5) is 5.82 Å². The number of hydrogen-bond acceptors (Lipinski definition) is 5. The molecule has 1 aliphatic carbocycles. The van der Waals surface area contributed by atoms with Gasteiger partial charge in [0.25, 0.3) is 5.91 Å². The van der Waals surface area contributed by atoms with E-state index < -0.39 is 18.5 Å². The lowest BCUT2D eigenvalue weighted by Crippen LogP contribution is -2.22. The Morgan fingerprint density at radius 3 is 2.59 bits per heavy atom. The van der Waals surface area contributed by atoms with Crippen LogP contribution in [0.1, 0.15) is 33.6 Å². The summed E-state index contributed by atoms with van der Waals surface area (Å²) in [6, 6.07) is 20.7. The van der Waals surface area contributed by atoms with Crippen molar-refractivity contribution in [3.8, 4) is 0 Å². The molecule has 5 rings (SSSR count). The van der Waals surface area contributed by atoms with Gasteiger partial charge in [-0.25, -0.2) is 14.8 Å². The number of halogens is 1. The lowest BCUT2D eigenvalue weighted by atomic mass is 10.0. The summed E-state index contributed by atoms with van der Waals surface area (Å²) in [5.74, 6) is -0.700. The monoisotopic (exact) mass is 469 g/mol. The van der Waals surface area contributed by atoms with E-state index in [2.05, 4.69) is 16.4 Å². The number of carbonyl (C=O) groups excluding carboxylic acids is 2. The van der Waals surface area contributed by atoms with Crippen LogP contribution in [-0.4, -0.2) is 28.5 Å². The molecule has 1 aliphatic rings.